The van der Waals surface area contributed by atoms with Crippen molar-refractivity contribution in [1.29, 1.82) is 0 Å². The van der Waals surface area contributed by atoms with Gasteiger partial charge in [0.15, 0.2) is 6.10 Å². The summed E-state index contributed by atoms with van der Waals surface area (Å²) < 4.78 is 45.1. The number of nitrogens with one attached hydrogen (secondary N) is 3. The van der Waals surface area contributed by atoms with Gasteiger partial charge in [-0.15, -0.1) is 16.8 Å². The molecule has 6 atom stereocenters. The van der Waals surface area contributed by atoms with E-state index in [0.29, 0.717) is 93.5 Å². The first kappa shape index (κ1) is 72.9. The summed E-state index contributed by atoms with van der Waals surface area (Å²) in [6.45, 7) is 19.0. The van der Waals surface area contributed by atoms with Crippen molar-refractivity contribution in [1.82, 2.24) is 30.8 Å². The maximum absolute atomic E-state index is 14.0. The molecule has 6 rings (SSSR count). The third-order valence-corrected chi connectivity index (χ3v) is 17.3. The summed E-state index contributed by atoms with van der Waals surface area (Å²) in [6.07, 6.45) is 1.73. The van der Waals surface area contributed by atoms with Crippen LogP contribution in [0.5, 0.6) is 5.75 Å². The minimum Gasteiger partial charge on any atom is -0.495 e. The van der Waals surface area contributed by atoms with Crippen LogP contribution in [0.4, 0.5) is 0 Å². The largest absolute Gasteiger partial charge is 0.495 e. The van der Waals surface area contributed by atoms with Gasteiger partial charge < -0.3 is 63.6 Å². The lowest BCUT2D eigenvalue weighted by molar-refractivity contribution is -0.198. The molecular weight excluding hydrogens is 1210 g/mol. The van der Waals surface area contributed by atoms with Gasteiger partial charge in [0.2, 0.25) is 23.6 Å². The summed E-state index contributed by atoms with van der Waals surface area (Å²) in [5.74, 6) is -3.93. The number of cyclic esters (lactones) is 2. The number of rotatable bonds is 32. The Morgan fingerprint density at radius 2 is 1.46 bits per heavy atom. The lowest BCUT2D eigenvalue weighted by Crippen LogP contribution is -2.51. The molecule has 0 spiro atoms. The standard InChI is InChI=1S/C64H91ClN6O18S/c1-42(2)36-51-61(79)86-49(10-9-11-52(72)68-48(38-45-14-17-50(81-8)47(65)37-45)60(78)67-41-63(4,5)62(80)87-51)43(3)58-59(88-58)46-15-12-44(13-16-46)39-69-24-26-70(27-25-69)54(74)20-22-64(6,7)90-40-53(73)66-23-29-83-31-33-85-35-34-84-32-30-82-28-21-57(77)89-71-55(75)18-19-56(71)76/h9,11-17,37,42-43,48-49,51,58-59H,10,18-36,38-41H2,1-8H3,(H,66,73)(H,67,78)(H,68,72)/b11-9-/t43-,48+,49-,51?,58+,59+/m0/s1. The van der Waals surface area contributed by atoms with Gasteiger partial charge >= 0.3 is 17.9 Å². The van der Waals surface area contributed by atoms with Crippen molar-refractivity contribution in [2.45, 2.75) is 142 Å². The first-order chi connectivity index (χ1) is 42.9. The van der Waals surface area contributed by atoms with Crippen molar-refractivity contribution < 1.29 is 85.9 Å². The fourth-order valence-electron chi connectivity index (χ4n) is 9.98. The summed E-state index contributed by atoms with van der Waals surface area (Å²) in [5, 5.41) is 9.31. The second-order valence-corrected chi connectivity index (χ2v) is 26.5. The number of nitrogens with zero attached hydrogens (tertiary/aromatic N) is 3. The number of benzene rings is 2. The summed E-state index contributed by atoms with van der Waals surface area (Å²) in [4.78, 5) is 125. The molecule has 2 aromatic carbocycles. The Bertz CT molecular complexity index is 2760. The number of ether oxygens (including phenoxy) is 8. The van der Waals surface area contributed by atoms with Crippen LogP contribution >= 0.6 is 23.4 Å². The van der Waals surface area contributed by atoms with Crippen LogP contribution in [0.1, 0.15) is 116 Å². The van der Waals surface area contributed by atoms with Crippen molar-refractivity contribution in [3.05, 3.63) is 76.3 Å². The van der Waals surface area contributed by atoms with Crippen molar-refractivity contribution >= 4 is 76.7 Å². The number of imide groups is 1. The molecule has 26 heteroatoms. The molecule has 498 valence electrons. The van der Waals surface area contributed by atoms with Gasteiger partial charge in [0, 0.05) is 88.6 Å². The fraction of sp³-hybridized carbons (Fsp3) is 0.641. The van der Waals surface area contributed by atoms with Gasteiger partial charge in [0.1, 0.15) is 24.0 Å². The first-order valence-corrected chi connectivity index (χ1v) is 32.3. The Balaban J connectivity index is 0.859. The molecule has 4 aliphatic heterocycles. The predicted octanol–water partition coefficient (Wildman–Crippen LogP) is 5.24. The van der Waals surface area contributed by atoms with Crippen LogP contribution in [0, 0.1) is 17.3 Å². The molecular formula is C64H91ClN6O18S. The average Bonchev–Trinajstić information content (AvgIpc) is 1.67. The normalized spacial score (nSPS) is 21.9. The molecule has 3 saturated heterocycles. The monoisotopic (exact) mass is 1300 g/mol. The highest BCUT2D eigenvalue weighted by Crippen LogP contribution is 2.45. The molecule has 3 fully saturated rings. The molecule has 6 amide bonds. The van der Waals surface area contributed by atoms with Gasteiger partial charge in [-0.3, -0.25) is 38.5 Å². The number of halogens is 1. The highest BCUT2D eigenvalue weighted by atomic mass is 35.5. The molecule has 4 heterocycles. The predicted molar refractivity (Wildman–Crippen MR) is 332 cm³/mol. The molecule has 3 N–H and O–H groups in total. The number of esters is 2. The fourth-order valence-corrected chi connectivity index (χ4v) is 11.1. The van der Waals surface area contributed by atoms with E-state index in [1.165, 1.54) is 24.9 Å². The third kappa shape index (κ3) is 24.5. The van der Waals surface area contributed by atoms with Crippen LogP contribution in [0.15, 0.2) is 54.6 Å². The number of amides is 6. The van der Waals surface area contributed by atoms with E-state index in [1.54, 1.807) is 38.1 Å². The van der Waals surface area contributed by atoms with E-state index >= 15 is 0 Å². The number of carbonyl (C=O) groups is 9. The smallest absolute Gasteiger partial charge is 0.347 e. The Hall–Kier alpha value is -6.19. The summed E-state index contributed by atoms with van der Waals surface area (Å²) in [7, 11) is 1.50. The highest BCUT2D eigenvalue weighted by Gasteiger charge is 2.48. The third-order valence-electron chi connectivity index (χ3n) is 15.6. The van der Waals surface area contributed by atoms with Crippen LogP contribution in [0.2, 0.25) is 5.02 Å². The molecule has 90 heavy (non-hydrogen) atoms. The zero-order chi connectivity index (χ0) is 65.4. The maximum Gasteiger partial charge on any atom is 0.347 e. The van der Waals surface area contributed by atoms with Crippen molar-refractivity contribution in [3.8, 4) is 5.75 Å². The Morgan fingerprint density at radius 3 is 2.09 bits per heavy atom. The Kier molecular flexibility index (Phi) is 29.3. The molecule has 0 aromatic heterocycles. The number of carbonyl (C=O) groups excluding carboxylic acids is 9. The number of thioether (sulfide) groups is 1. The van der Waals surface area contributed by atoms with Crippen molar-refractivity contribution in [3.63, 3.8) is 0 Å². The van der Waals surface area contributed by atoms with E-state index in [2.05, 4.69) is 33.0 Å². The molecule has 1 unspecified atom stereocenters. The Labute approximate surface area is 537 Å². The van der Waals surface area contributed by atoms with Crippen molar-refractivity contribution in [2.75, 3.05) is 105 Å². The number of hydroxylamine groups is 2. The minimum absolute atomic E-state index is 0.0342. The number of methoxy groups -OCH3 is 1. The molecule has 24 nitrogen and oxygen atoms in total. The number of hydrogen-bond acceptors (Lipinski definition) is 20. The maximum atomic E-state index is 14.0. The molecule has 0 radical (unpaired) electrons. The summed E-state index contributed by atoms with van der Waals surface area (Å²) in [6, 6.07) is 12.3. The Morgan fingerprint density at radius 1 is 0.822 bits per heavy atom. The zero-order valence-electron chi connectivity index (χ0n) is 53.2. The highest BCUT2D eigenvalue weighted by molar-refractivity contribution is 8.01. The lowest BCUT2D eigenvalue weighted by Gasteiger charge is -2.35. The van der Waals surface area contributed by atoms with Crippen LogP contribution in [-0.4, -0.2) is 202 Å². The van der Waals surface area contributed by atoms with E-state index in [4.69, 9.17) is 54.3 Å². The molecule has 2 aromatic rings. The molecule has 4 aliphatic rings. The summed E-state index contributed by atoms with van der Waals surface area (Å²) >= 11 is 7.91. The first-order valence-electron chi connectivity index (χ1n) is 30.9. The quantitative estimate of drug-likeness (QED) is 0.0365. The van der Waals surface area contributed by atoms with Gasteiger partial charge in [-0.1, -0.05) is 82.6 Å². The topological polar surface area (TPSA) is 286 Å². The van der Waals surface area contributed by atoms with Gasteiger partial charge in [0.25, 0.3) is 11.8 Å². The zero-order valence-corrected chi connectivity index (χ0v) is 54.8. The van der Waals surface area contributed by atoms with Crippen LogP contribution in [0.3, 0.4) is 0 Å². The molecule has 0 aliphatic carbocycles. The van der Waals surface area contributed by atoms with Gasteiger partial charge in [0.05, 0.1) is 88.7 Å². The second-order valence-electron chi connectivity index (χ2n) is 24.4. The van der Waals surface area contributed by atoms with E-state index in [1.807, 2.05) is 51.7 Å². The second kappa shape index (κ2) is 36.2. The van der Waals surface area contributed by atoms with E-state index in [9.17, 15) is 43.2 Å². The lowest BCUT2D eigenvalue weighted by atomic mass is 9.92. The van der Waals surface area contributed by atoms with E-state index in [0.717, 1.165) is 24.2 Å². The van der Waals surface area contributed by atoms with Gasteiger partial charge in [-0.05, 0) is 67.5 Å². The SMILES string of the molecule is COc1ccc(C[C@H]2NC(=O)/C=C\C[C@@H]([C@H](C)[C@H]3O[C@@H]3c3ccc(CN4CCN(C(=O)CCC(C)(C)SCC(=O)NCCOCCOCCOCCOCCC(=O)ON5C(=O)CCC5=O)CC4)cc3)OC(=O)C(CC(C)C)OC(=O)C(C)(C)CNC2=O)cc1Cl. The number of piperazine rings is 1. The number of epoxide rings is 1. The van der Waals surface area contributed by atoms with Gasteiger partial charge in [-0.25, -0.2) is 9.59 Å². The van der Waals surface area contributed by atoms with Crippen LogP contribution < -0.4 is 20.7 Å². The molecule has 0 saturated carbocycles. The average molecular weight is 1300 g/mol. The van der Waals surface area contributed by atoms with E-state index in [-0.39, 0.29) is 111 Å². The number of hydrogen-bond donors (Lipinski definition) is 3. The minimum atomic E-state index is -1.25. The molecule has 0 bridgehead atoms. The summed E-state index contributed by atoms with van der Waals surface area (Å²) in [5.41, 5.74) is 1.48. The van der Waals surface area contributed by atoms with Crippen molar-refractivity contribution in [2.24, 2.45) is 17.3 Å². The van der Waals surface area contributed by atoms with Crippen LogP contribution in [-0.2, 0) is 94.1 Å². The van der Waals surface area contributed by atoms with E-state index < -0.39 is 65.2 Å². The van der Waals surface area contributed by atoms with Crippen LogP contribution in [0.25, 0.3) is 0 Å². The van der Waals surface area contributed by atoms with Gasteiger partial charge in [-0.2, -0.15) is 0 Å².